The van der Waals surface area contributed by atoms with E-state index in [1.807, 2.05) is 12.1 Å². The van der Waals surface area contributed by atoms with Gasteiger partial charge in [-0.1, -0.05) is 29.5 Å². The molecule has 2 amide bonds. The molecule has 0 bridgehead atoms. The summed E-state index contributed by atoms with van der Waals surface area (Å²) in [7, 11) is 1.58. The van der Waals surface area contributed by atoms with Crippen LogP contribution in [0.5, 0.6) is 5.75 Å². The summed E-state index contributed by atoms with van der Waals surface area (Å²) in [5, 5.41) is 14.8. The van der Waals surface area contributed by atoms with Crippen molar-refractivity contribution >= 4 is 28.2 Å². The molecule has 0 aliphatic heterocycles. The Morgan fingerprint density at radius 3 is 2.64 bits per heavy atom. The van der Waals surface area contributed by atoms with Crippen LogP contribution in [0.1, 0.15) is 11.1 Å². The lowest BCUT2D eigenvalue weighted by molar-refractivity contribution is 0.262. The molecule has 0 saturated carbocycles. The first-order valence-corrected chi connectivity index (χ1v) is 8.50. The summed E-state index contributed by atoms with van der Waals surface area (Å²) in [6, 6.07) is 12.9. The number of hydrogen-bond donors (Lipinski definition) is 2. The Bertz CT molecular complexity index is 908. The van der Waals surface area contributed by atoms with Gasteiger partial charge in [0, 0.05) is 17.3 Å². The van der Waals surface area contributed by atoms with Gasteiger partial charge in [-0.15, -0.1) is 10.2 Å². The van der Waals surface area contributed by atoms with Gasteiger partial charge in [-0.25, -0.2) is 4.79 Å². The molecule has 2 aromatic carbocycles. The summed E-state index contributed by atoms with van der Waals surface area (Å²) < 4.78 is 5.13. The van der Waals surface area contributed by atoms with Gasteiger partial charge in [-0.2, -0.15) is 0 Å². The molecule has 0 spiro atoms. The minimum atomic E-state index is -0.379. The molecule has 0 aliphatic carbocycles. The van der Waals surface area contributed by atoms with Gasteiger partial charge in [0.05, 0.1) is 7.11 Å². The Labute approximate surface area is 149 Å². The van der Waals surface area contributed by atoms with Gasteiger partial charge in [-0.05, 0) is 43.2 Å². The van der Waals surface area contributed by atoms with Crippen molar-refractivity contribution in [2.75, 3.05) is 17.7 Å². The van der Waals surface area contributed by atoms with Crippen LogP contribution < -0.4 is 15.4 Å². The zero-order valence-electron chi connectivity index (χ0n) is 14.2. The highest BCUT2D eigenvalue weighted by Gasteiger charge is 2.10. The zero-order chi connectivity index (χ0) is 17.8. The fraction of sp³-hybridized carbons (Fsp3) is 0.167. The molecule has 128 valence electrons. The maximum atomic E-state index is 12.1. The summed E-state index contributed by atoms with van der Waals surface area (Å²) in [6.45, 7) is 4.12. The van der Waals surface area contributed by atoms with Crippen LogP contribution in [-0.2, 0) is 0 Å². The highest BCUT2D eigenvalue weighted by Crippen LogP contribution is 2.28. The van der Waals surface area contributed by atoms with Gasteiger partial charge in [0.1, 0.15) is 10.8 Å². The lowest BCUT2D eigenvalue weighted by Crippen LogP contribution is -2.19. The van der Waals surface area contributed by atoms with E-state index in [9.17, 15) is 4.79 Å². The first-order chi connectivity index (χ1) is 12.0. The third kappa shape index (κ3) is 4.13. The second-order valence-corrected chi connectivity index (χ2v) is 6.50. The SMILES string of the molecule is COc1cccc(NC(=O)Nc2nnc(-c3ccc(C)c(C)c3)s2)c1. The molecule has 0 radical (unpaired) electrons. The molecule has 0 unspecified atom stereocenters. The Morgan fingerprint density at radius 1 is 1.04 bits per heavy atom. The number of anilines is 2. The van der Waals surface area contributed by atoms with Crippen molar-refractivity contribution in [3.8, 4) is 16.3 Å². The number of benzene rings is 2. The fourth-order valence-electron chi connectivity index (χ4n) is 2.23. The van der Waals surface area contributed by atoms with Crippen LogP contribution in [0.15, 0.2) is 42.5 Å². The van der Waals surface area contributed by atoms with Crippen LogP contribution >= 0.6 is 11.3 Å². The van der Waals surface area contributed by atoms with E-state index >= 15 is 0 Å². The number of ether oxygens (including phenoxy) is 1. The number of methoxy groups -OCH3 is 1. The number of carbonyl (C=O) groups excluding carboxylic acids is 1. The number of nitrogens with zero attached hydrogens (tertiary/aromatic N) is 2. The molecule has 3 aromatic rings. The van der Waals surface area contributed by atoms with E-state index < -0.39 is 0 Å². The molecule has 7 heteroatoms. The molecule has 0 atom stereocenters. The molecule has 1 heterocycles. The Hall–Kier alpha value is -2.93. The van der Waals surface area contributed by atoms with Crippen molar-refractivity contribution in [1.29, 1.82) is 0 Å². The summed E-state index contributed by atoms with van der Waals surface area (Å²) in [4.78, 5) is 12.1. The molecule has 0 aliphatic rings. The highest BCUT2D eigenvalue weighted by molar-refractivity contribution is 7.18. The molecule has 6 nitrogen and oxygen atoms in total. The van der Waals surface area contributed by atoms with Gasteiger partial charge >= 0.3 is 6.03 Å². The van der Waals surface area contributed by atoms with Crippen molar-refractivity contribution < 1.29 is 9.53 Å². The number of aromatic nitrogens is 2. The fourth-order valence-corrected chi connectivity index (χ4v) is 2.96. The molecule has 2 N–H and O–H groups in total. The maximum Gasteiger partial charge on any atom is 0.325 e. The predicted octanol–water partition coefficient (Wildman–Crippen LogP) is 4.47. The first-order valence-electron chi connectivity index (χ1n) is 7.68. The standard InChI is InChI=1S/C18H18N4O2S/c1-11-7-8-13(9-12(11)2)16-21-22-18(25-16)20-17(23)19-14-5-4-6-15(10-14)24-3/h4-10H,1-3H3,(H2,19,20,22,23). The monoisotopic (exact) mass is 354 g/mol. The second-order valence-electron chi connectivity index (χ2n) is 5.52. The average molecular weight is 354 g/mol. The third-order valence-electron chi connectivity index (χ3n) is 3.73. The van der Waals surface area contributed by atoms with Gasteiger partial charge in [0.25, 0.3) is 0 Å². The van der Waals surface area contributed by atoms with Crippen molar-refractivity contribution in [3.05, 3.63) is 53.6 Å². The number of rotatable bonds is 4. The summed E-state index contributed by atoms with van der Waals surface area (Å²) in [6.07, 6.45) is 0. The highest BCUT2D eigenvalue weighted by atomic mass is 32.1. The Morgan fingerprint density at radius 2 is 1.88 bits per heavy atom. The van der Waals surface area contributed by atoms with E-state index in [4.69, 9.17) is 4.74 Å². The number of amides is 2. The number of urea groups is 1. The van der Waals surface area contributed by atoms with Gasteiger partial charge in [0.2, 0.25) is 5.13 Å². The van der Waals surface area contributed by atoms with Gasteiger partial charge in [-0.3, -0.25) is 5.32 Å². The number of aryl methyl sites for hydroxylation is 2. The molecule has 1 aromatic heterocycles. The Balaban J connectivity index is 1.68. The van der Waals surface area contributed by atoms with Crippen molar-refractivity contribution in [2.45, 2.75) is 13.8 Å². The van der Waals surface area contributed by atoms with Crippen LogP contribution in [0.2, 0.25) is 0 Å². The minimum Gasteiger partial charge on any atom is -0.497 e. The van der Waals surface area contributed by atoms with Crippen molar-refractivity contribution in [3.63, 3.8) is 0 Å². The van der Waals surface area contributed by atoms with E-state index in [2.05, 4.69) is 46.8 Å². The predicted molar refractivity (Wildman–Crippen MR) is 100 cm³/mol. The van der Waals surface area contributed by atoms with Crippen LogP contribution in [0.4, 0.5) is 15.6 Å². The number of nitrogens with one attached hydrogen (secondary N) is 2. The normalized spacial score (nSPS) is 10.4. The van der Waals surface area contributed by atoms with Crippen LogP contribution in [0.25, 0.3) is 10.6 Å². The van der Waals surface area contributed by atoms with Gasteiger partial charge in [0.15, 0.2) is 0 Å². The molecule has 25 heavy (non-hydrogen) atoms. The topological polar surface area (TPSA) is 76.1 Å². The van der Waals surface area contributed by atoms with E-state index in [0.717, 1.165) is 10.6 Å². The quantitative estimate of drug-likeness (QED) is 0.724. The molecule has 3 rings (SSSR count). The van der Waals surface area contributed by atoms with Crippen LogP contribution in [0.3, 0.4) is 0 Å². The van der Waals surface area contributed by atoms with E-state index in [1.54, 1.807) is 25.3 Å². The number of hydrogen-bond acceptors (Lipinski definition) is 5. The second kappa shape index (κ2) is 7.31. The van der Waals surface area contributed by atoms with Crippen molar-refractivity contribution in [2.24, 2.45) is 0 Å². The smallest absolute Gasteiger partial charge is 0.325 e. The van der Waals surface area contributed by atoms with E-state index in [0.29, 0.717) is 16.6 Å². The summed E-state index contributed by atoms with van der Waals surface area (Å²) in [5.41, 5.74) is 4.04. The average Bonchev–Trinajstić information content (AvgIpc) is 3.05. The molecular weight excluding hydrogens is 336 g/mol. The zero-order valence-corrected chi connectivity index (χ0v) is 15.0. The van der Waals surface area contributed by atoms with Gasteiger partial charge < -0.3 is 10.1 Å². The molecule has 0 saturated heterocycles. The molecular formula is C18H18N4O2S. The number of carbonyl (C=O) groups is 1. The maximum absolute atomic E-state index is 12.1. The van der Waals surface area contributed by atoms with E-state index in [1.165, 1.54) is 22.5 Å². The third-order valence-corrected chi connectivity index (χ3v) is 4.61. The summed E-state index contributed by atoms with van der Waals surface area (Å²) >= 11 is 1.33. The Kier molecular flexibility index (Phi) is 4.95. The minimum absolute atomic E-state index is 0.379. The van der Waals surface area contributed by atoms with Crippen LogP contribution in [0, 0.1) is 13.8 Å². The lowest BCUT2D eigenvalue weighted by atomic mass is 10.1. The van der Waals surface area contributed by atoms with Crippen molar-refractivity contribution in [1.82, 2.24) is 10.2 Å². The largest absolute Gasteiger partial charge is 0.497 e. The van der Waals surface area contributed by atoms with E-state index in [-0.39, 0.29) is 6.03 Å². The molecule has 0 fully saturated rings. The van der Waals surface area contributed by atoms with Crippen LogP contribution in [-0.4, -0.2) is 23.3 Å². The first kappa shape index (κ1) is 16.9. The lowest BCUT2D eigenvalue weighted by Gasteiger charge is -2.06. The summed E-state index contributed by atoms with van der Waals surface area (Å²) in [5.74, 6) is 0.672.